The van der Waals surface area contributed by atoms with Gasteiger partial charge in [-0.3, -0.25) is 0 Å². The monoisotopic (exact) mass is 795 g/mol. The molecule has 6 aromatic carbocycles. The second-order valence-electron chi connectivity index (χ2n) is 13.1. The molecule has 235 valence electrons. The number of fused-ring (bicyclic) bond motifs is 3. The first kappa shape index (κ1) is 31.7. The largest absolute Gasteiger partial charge is 0.304 e. The summed E-state index contributed by atoms with van der Waals surface area (Å²) in [4.78, 5) is 4.93. The fourth-order valence-corrected chi connectivity index (χ4v) is 7.08. The van der Waals surface area contributed by atoms with E-state index in [1.807, 2.05) is 6.20 Å². The molecule has 1 radical (unpaired) electrons. The number of pyridine rings is 1. The summed E-state index contributed by atoms with van der Waals surface area (Å²) in [7, 11) is 0. The Labute approximate surface area is 297 Å². The minimum Gasteiger partial charge on any atom is -0.304 e. The van der Waals surface area contributed by atoms with Crippen LogP contribution in [0.25, 0.3) is 66.9 Å². The summed E-state index contributed by atoms with van der Waals surface area (Å²) in [5.74, 6) is 0. The van der Waals surface area contributed by atoms with Crippen molar-refractivity contribution >= 4 is 0 Å². The van der Waals surface area contributed by atoms with Gasteiger partial charge in [0.2, 0.25) is 0 Å². The van der Waals surface area contributed by atoms with E-state index in [0.717, 1.165) is 28.8 Å². The van der Waals surface area contributed by atoms with Crippen molar-refractivity contribution in [2.45, 2.75) is 32.6 Å². The van der Waals surface area contributed by atoms with Gasteiger partial charge in [0.05, 0.1) is 0 Å². The Bertz CT molecular complexity index is 2250. The van der Waals surface area contributed by atoms with Crippen LogP contribution < -0.4 is 0 Å². The smallest absolute Gasteiger partial charge is 0.0239 e. The number of hydrogen-bond acceptors (Lipinski definition) is 1. The first-order chi connectivity index (χ1) is 23.0. The summed E-state index contributed by atoms with van der Waals surface area (Å²) in [5, 5.41) is 0. The molecule has 0 amide bonds. The Balaban J connectivity index is 0.00000364. The standard InChI is InChI=1S/C46H36N.Ir/c1-4-31-19-22-41-42-23-20-39(29-44(42)46(2,3)43(41)25-31)45-24-21-40(30-47-45)38-18-10-17-37(28-38)36-16-9-15-35(27-36)34-14-8-13-33(26-34)32-11-6-5-7-12-32;/h5-19,21-30H,4H2,1-3H3;/q-1;. The van der Waals surface area contributed by atoms with Gasteiger partial charge < -0.3 is 4.98 Å². The molecule has 0 aliphatic heterocycles. The Morgan fingerprint density at radius 3 is 1.62 bits per heavy atom. The molecular weight excluding hydrogens is 759 g/mol. The Morgan fingerprint density at radius 2 is 1.06 bits per heavy atom. The molecule has 0 saturated carbocycles. The number of benzene rings is 6. The van der Waals surface area contributed by atoms with Gasteiger partial charge in [-0.15, -0.1) is 29.3 Å². The molecule has 0 atom stereocenters. The second-order valence-corrected chi connectivity index (χ2v) is 13.1. The van der Waals surface area contributed by atoms with E-state index in [9.17, 15) is 0 Å². The van der Waals surface area contributed by atoms with Crippen molar-refractivity contribution in [3.05, 3.63) is 175 Å². The molecule has 0 saturated heterocycles. The average Bonchev–Trinajstić information content (AvgIpc) is 3.37. The van der Waals surface area contributed by atoms with E-state index in [0.29, 0.717) is 0 Å². The van der Waals surface area contributed by atoms with Crippen LogP contribution in [-0.4, -0.2) is 4.98 Å². The topological polar surface area (TPSA) is 12.9 Å². The fraction of sp³-hybridized carbons (Fsp3) is 0.109. The number of hydrogen-bond donors (Lipinski definition) is 0. The third-order valence-corrected chi connectivity index (χ3v) is 9.81. The molecule has 1 nitrogen and oxygen atoms in total. The SMILES string of the molecule is CCc1ccc2c(c1)C(C)(C)c1cc(-c3ccc(-c4cccc(-c5cccc(-c6cccc(-c7ccccc7)c6)c5)c4)cn3)[c-]cc1-2.[Ir]. The molecule has 7 aromatic rings. The van der Waals surface area contributed by atoms with Gasteiger partial charge in [-0.1, -0.05) is 147 Å². The molecule has 0 N–H and O–H groups in total. The Morgan fingerprint density at radius 1 is 0.521 bits per heavy atom. The van der Waals surface area contributed by atoms with E-state index in [1.54, 1.807) is 0 Å². The van der Waals surface area contributed by atoms with E-state index in [-0.39, 0.29) is 25.5 Å². The van der Waals surface area contributed by atoms with Gasteiger partial charge in [0.25, 0.3) is 0 Å². The van der Waals surface area contributed by atoms with Crippen LogP contribution in [0.15, 0.2) is 152 Å². The van der Waals surface area contributed by atoms with Gasteiger partial charge in [-0.2, -0.15) is 0 Å². The molecule has 0 unspecified atom stereocenters. The first-order valence-electron chi connectivity index (χ1n) is 16.5. The van der Waals surface area contributed by atoms with Crippen molar-refractivity contribution in [3.63, 3.8) is 0 Å². The minimum absolute atomic E-state index is 0. The Kier molecular flexibility index (Phi) is 8.56. The molecule has 1 aliphatic carbocycles. The maximum absolute atomic E-state index is 4.93. The van der Waals surface area contributed by atoms with Crippen molar-refractivity contribution in [2.75, 3.05) is 0 Å². The quantitative estimate of drug-likeness (QED) is 0.153. The fourth-order valence-electron chi connectivity index (χ4n) is 7.08. The average molecular weight is 795 g/mol. The van der Waals surface area contributed by atoms with Crippen LogP contribution in [0, 0.1) is 6.07 Å². The Hall–Kier alpha value is -4.88. The van der Waals surface area contributed by atoms with Crippen molar-refractivity contribution in [2.24, 2.45) is 0 Å². The summed E-state index contributed by atoms with van der Waals surface area (Å²) in [6.45, 7) is 6.89. The van der Waals surface area contributed by atoms with Crippen molar-refractivity contribution in [1.29, 1.82) is 0 Å². The molecule has 0 fully saturated rings. The van der Waals surface area contributed by atoms with Crippen LogP contribution in [0.1, 0.15) is 37.5 Å². The summed E-state index contributed by atoms with van der Waals surface area (Å²) in [5.41, 5.74) is 18.2. The van der Waals surface area contributed by atoms with Crippen LogP contribution >= 0.6 is 0 Å². The maximum atomic E-state index is 4.93. The molecule has 1 aromatic heterocycles. The van der Waals surface area contributed by atoms with Crippen molar-refractivity contribution in [1.82, 2.24) is 4.98 Å². The molecule has 1 heterocycles. The third-order valence-electron chi connectivity index (χ3n) is 9.81. The molecule has 0 bridgehead atoms. The van der Waals surface area contributed by atoms with Gasteiger partial charge in [0.1, 0.15) is 0 Å². The van der Waals surface area contributed by atoms with Crippen LogP contribution in [0.5, 0.6) is 0 Å². The van der Waals surface area contributed by atoms with E-state index in [2.05, 4.69) is 172 Å². The predicted octanol–water partition coefficient (Wildman–Crippen LogP) is 12.1. The zero-order valence-corrected chi connectivity index (χ0v) is 29.8. The maximum Gasteiger partial charge on any atom is 0.0239 e. The van der Waals surface area contributed by atoms with E-state index in [4.69, 9.17) is 4.98 Å². The van der Waals surface area contributed by atoms with Crippen LogP contribution in [-0.2, 0) is 31.9 Å². The van der Waals surface area contributed by atoms with Gasteiger partial charge in [-0.05, 0) is 91.4 Å². The van der Waals surface area contributed by atoms with Crippen LogP contribution in [0.4, 0.5) is 0 Å². The predicted molar refractivity (Wildman–Crippen MR) is 197 cm³/mol. The van der Waals surface area contributed by atoms with E-state index >= 15 is 0 Å². The van der Waals surface area contributed by atoms with Crippen molar-refractivity contribution in [3.8, 4) is 66.9 Å². The minimum atomic E-state index is -0.0535. The zero-order valence-electron chi connectivity index (χ0n) is 27.4. The first-order valence-corrected chi connectivity index (χ1v) is 16.5. The van der Waals surface area contributed by atoms with Crippen LogP contribution in [0.3, 0.4) is 0 Å². The summed E-state index contributed by atoms with van der Waals surface area (Å²) >= 11 is 0. The molecule has 8 rings (SSSR count). The van der Waals surface area contributed by atoms with Crippen LogP contribution in [0.2, 0.25) is 0 Å². The number of aryl methyl sites for hydroxylation is 1. The van der Waals surface area contributed by atoms with Gasteiger partial charge in [0, 0.05) is 26.3 Å². The third kappa shape index (κ3) is 5.77. The van der Waals surface area contributed by atoms with Crippen molar-refractivity contribution < 1.29 is 20.1 Å². The van der Waals surface area contributed by atoms with E-state index in [1.165, 1.54) is 61.2 Å². The number of aromatic nitrogens is 1. The number of rotatable bonds is 6. The molecular formula is C46H36IrN-. The summed E-state index contributed by atoms with van der Waals surface area (Å²) in [6.07, 6.45) is 3.04. The summed E-state index contributed by atoms with van der Waals surface area (Å²) in [6, 6.07) is 56.2. The molecule has 0 spiro atoms. The zero-order chi connectivity index (χ0) is 32.0. The number of nitrogens with zero attached hydrogens (tertiary/aromatic N) is 1. The molecule has 48 heavy (non-hydrogen) atoms. The molecule has 1 aliphatic rings. The van der Waals surface area contributed by atoms with Gasteiger partial charge in [-0.25, -0.2) is 0 Å². The van der Waals surface area contributed by atoms with Gasteiger partial charge >= 0.3 is 0 Å². The van der Waals surface area contributed by atoms with Gasteiger partial charge in [0.15, 0.2) is 0 Å². The van der Waals surface area contributed by atoms with E-state index < -0.39 is 0 Å². The summed E-state index contributed by atoms with van der Waals surface area (Å²) < 4.78 is 0. The second kappa shape index (κ2) is 13.0. The normalized spacial score (nSPS) is 12.6. The molecule has 2 heteroatoms.